The predicted octanol–water partition coefficient (Wildman–Crippen LogP) is 22.7. The summed E-state index contributed by atoms with van der Waals surface area (Å²) in [5.41, 5.74) is 3.23. The monoisotopic (exact) mass is 1920 g/mol. The molecule has 19 heteroatoms. The van der Waals surface area contributed by atoms with Gasteiger partial charge in [-0.15, -0.1) is 0 Å². The van der Waals surface area contributed by atoms with Crippen molar-refractivity contribution in [3.05, 3.63) is 464 Å². The van der Waals surface area contributed by atoms with E-state index < -0.39 is 61.7 Å². The van der Waals surface area contributed by atoms with Gasteiger partial charge in [0.15, 0.2) is 0 Å². The van der Waals surface area contributed by atoms with Gasteiger partial charge in [-0.2, -0.15) is 14.9 Å². The number of aromatic nitrogens is 6. The number of aromatic amines is 1. The van der Waals surface area contributed by atoms with E-state index in [2.05, 4.69) is 405 Å². The molecular formula is C107H96BBrCl2N6O4P4Pd. The molecule has 14 aromatic carbocycles. The van der Waals surface area contributed by atoms with Crippen LogP contribution in [-0.4, -0.2) is 60.0 Å². The molecule has 1 saturated heterocycles. The SMILES string of the molecule is CC(C)(C)OC(=O)n1ncc2cc(B3OC(C)(C)C(C)(C)O3)ccc21.Clc1ncccc1-c1ccc2[nH]ncc2c1.Clc1ncccc1Br.[Pd].c1ccc(P(c2ccccc2)c2ccccc2)cc1.c1ccc(P(c2ccccc2)c2ccccc2)cc1.c1ccc(P(c2ccccc2)c2ccccc2)cc1.c1ccc(P(c2ccccc2)c2ccccc2)cc1. The Hall–Kier alpha value is -10.8. The van der Waals surface area contributed by atoms with Crippen LogP contribution in [0.4, 0.5) is 4.79 Å². The van der Waals surface area contributed by atoms with Crippen LogP contribution in [0.1, 0.15) is 48.5 Å². The summed E-state index contributed by atoms with van der Waals surface area (Å²) in [5.74, 6) is 0. The van der Waals surface area contributed by atoms with E-state index in [1.54, 1.807) is 24.8 Å². The van der Waals surface area contributed by atoms with Crippen molar-refractivity contribution in [2.75, 3.05) is 0 Å². The molecule has 126 heavy (non-hydrogen) atoms. The summed E-state index contributed by atoms with van der Waals surface area (Å²) in [5, 5.41) is 30.8. The number of hydrogen-bond donors (Lipinski definition) is 1. The van der Waals surface area contributed by atoms with E-state index in [1.165, 1.54) is 68.3 Å². The molecule has 1 N–H and O–H groups in total. The number of rotatable bonds is 14. The Balaban J connectivity index is 0.000000135. The second-order valence-corrected chi connectivity index (χ2v) is 41.1. The molecule has 0 amide bonds. The first-order valence-electron chi connectivity index (χ1n) is 41.0. The van der Waals surface area contributed by atoms with Gasteiger partial charge in [0.2, 0.25) is 0 Å². The molecule has 1 aliphatic rings. The summed E-state index contributed by atoms with van der Waals surface area (Å²) < 4.78 is 19.7. The number of H-pyrrole nitrogens is 1. The minimum absolute atomic E-state index is 0. The molecule has 1 fully saturated rings. The second-order valence-electron chi connectivity index (χ2n) is 30.6. The van der Waals surface area contributed by atoms with Crippen molar-refractivity contribution in [1.29, 1.82) is 0 Å². The summed E-state index contributed by atoms with van der Waals surface area (Å²) in [6, 6.07) is 148. The Morgan fingerprint density at radius 1 is 0.381 bits per heavy atom. The van der Waals surface area contributed by atoms with Gasteiger partial charge >= 0.3 is 13.2 Å². The van der Waals surface area contributed by atoms with Gasteiger partial charge in [0.1, 0.15) is 15.9 Å². The Morgan fingerprint density at radius 2 is 0.683 bits per heavy atom. The average Bonchev–Trinajstić information content (AvgIpc) is 1.61. The van der Waals surface area contributed by atoms with Crippen molar-refractivity contribution in [2.24, 2.45) is 0 Å². The molecule has 0 unspecified atom stereocenters. The maximum Gasteiger partial charge on any atom is 0.494 e. The first-order chi connectivity index (χ1) is 60.8. The van der Waals surface area contributed by atoms with Crippen LogP contribution >= 0.6 is 70.8 Å². The van der Waals surface area contributed by atoms with Crippen LogP contribution in [0, 0.1) is 0 Å². The molecule has 18 aromatic rings. The summed E-state index contributed by atoms with van der Waals surface area (Å²) in [7, 11) is -2.23. The van der Waals surface area contributed by atoms with E-state index in [4.69, 9.17) is 37.2 Å². The standard InChI is InChI=1S/C18H25BN2O4.4C18H15P.C12H8ClN3.C5H3BrClN.Pd/c1-16(2,3)23-15(22)21-14-9-8-13(10-12(14)11-20-21)19-24-17(4,5)18(6,7)25-19;4*1-4-10-16(11-5-1)19(17-12-6-2-7-13-17)18-14-8-3-9-15-18;13-12-10(2-1-5-14-12)8-3-4-11-9(6-8)7-15-16-11;6-4-2-1-3-8-5(4)7;/h8-11H,1-7H3;4*1-15H;1-7H,(H,15,16);1-3H;. The fraction of sp³-hybridized carbons (Fsp3) is 0.0935. The zero-order valence-electron chi connectivity index (χ0n) is 70.9. The van der Waals surface area contributed by atoms with Crippen LogP contribution < -0.4 is 69.1 Å². The molecule has 632 valence electrons. The third kappa shape index (κ3) is 26.4. The Labute approximate surface area is 778 Å². The zero-order chi connectivity index (χ0) is 87.2. The number of pyridine rings is 2. The van der Waals surface area contributed by atoms with E-state index in [0.29, 0.717) is 15.8 Å². The number of nitrogens with one attached hydrogen (secondary N) is 1. The van der Waals surface area contributed by atoms with Gasteiger partial charge in [-0.3, -0.25) is 5.10 Å². The van der Waals surface area contributed by atoms with Gasteiger partial charge in [0.25, 0.3) is 0 Å². The molecule has 4 aromatic heterocycles. The number of carbonyl (C=O) groups is 1. The van der Waals surface area contributed by atoms with Gasteiger partial charge in [-0.1, -0.05) is 405 Å². The molecule has 0 radical (unpaired) electrons. The van der Waals surface area contributed by atoms with Gasteiger partial charge in [-0.05, 0) is 213 Å². The van der Waals surface area contributed by atoms with Crippen LogP contribution in [0.2, 0.25) is 10.3 Å². The minimum atomic E-state index is -0.571. The van der Waals surface area contributed by atoms with Crippen molar-refractivity contribution >= 4 is 175 Å². The molecule has 19 rings (SSSR count). The first-order valence-corrected chi connectivity index (χ1v) is 47.9. The summed E-state index contributed by atoms with van der Waals surface area (Å²) in [4.78, 5) is 20.1. The molecule has 1 aliphatic heterocycles. The largest absolute Gasteiger partial charge is 0.494 e. The van der Waals surface area contributed by atoms with Crippen molar-refractivity contribution in [1.82, 2.24) is 29.9 Å². The van der Waals surface area contributed by atoms with Crippen LogP contribution in [-0.2, 0) is 34.5 Å². The topological polar surface area (TPSA) is 117 Å². The van der Waals surface area contributed by atoms with Crippen molar-refractivity contribution in [3.63, 3.8) is 0 Å². The normalized spacial score (nSPS) is 12.2. The van der Waals surface area contributed by atoms with E-state index in [1.807, 2.05) is 109 Å². The van der Waals surface area contributed by atoms with Crippen LogP contribution in [0.3, 0.4) is 0 Å². The summed E-state index contributed by atoms with van der Waals surface area (Å²) in [6.07, 6.45) is 6.28. The Kier molecular flexibility index (Phi) is 35.3. The number of halogens is 3. The maximum absolute atomic E-state index is 12.3. The third-order valence-corrected chi connectivity index (χ3v) is 31.3. The van der Waals surface area contributed by atoms with Crippen LogP contribution in [0.15, 0.2) is 454 Å². The average molecular weight is 1920 g/mol. The molecule has 0 aliphatic carbocycles. The minimum Gasteiger partial charge on any atom is -0.442 e. The molecule has 0 bridgehead atoms. The van der Waals surface area contributed by atoms with Gasteiger partial charge in [0, 0.05) is 49.2 Å². The van der Waals surface area contributed by atoms with E-state index >= 15 is 0 Å². The Bertz CT molecular complexity index is 5400. The molecular weight excluding hydrogens is 1830 g/mol. The number of nitrogens with zero attached hydrogens (tertiary/aromatic N) is 5. The predicted molar refractivity (Wildman–Crippen MR) is 539 cm³/mol. The van der Waals surface area contributed by atoms with E-state index in [-0.39, 0.29) is 20.4 Å². The zero-order valence-corrected chi connectivity index (χ0v) is 79.1. The fourth-order valence-electron chi connectivity index (χ4n) is 13.4. The fourth-order valence-corrected chi connectivity index (χ4v) is 23.2. The smallest absolute Gasteiger partial charge is 0.442 e. The maximum atomic E-state index is 12.3. The van der Waals surface area contributed by atoms with Crippen molar-refractivity contribution in [2.45, 2.75) is 65.3 Å². The van der Waals surface area contributed by atoms with Crippen molar-refractivity contribution in [3.8, 4) is 11.1 Å². The number of carbonyl (C=O) groups excluding carboxylic acids is 1. The molecule has 10 nitrogen and oxygen atoms in total. The van der Waals surface area contributed by atoms with Crippen LogP contribution in [0.25, 0.3) is 32.9 Å². The number of benzene rings is 14. The summed E-state index contributed by atoms with van der Waals surface area (Å²) >= 11 is 14.8. The molecule has 0 saturated carbocycles. The molecule has 5 heterocycles. The number of hydrogen-bond acceptors (Lipinski definition) is 8. The van der Waals surface area contributed by atoms with E-state index in [0.717, 1.165) is 37.4 Å². The van der Waals surface area contributed by atoms with E-state index in [9.17, 15) is 4.79 Å². The summed E-state index contributed by atoms with van der Waals surface area (Å²) in [6.45, 7) is 13.6. The van der Waals surface area contributed by atoms with Crippen molar-refractivity contribution < 1.29 is 39.3 Å². The van der Waals surface area contributed by atoms with Crippen LogP contribution in [0.5, 0.6) is 0 Å². The third-order valence-electron chi connectivity index (χ3n) is 20.1. The van der Waals surface area contributed by atoms with Gasteiger partial charge in [-0.25, -0.2) is 14.8 Å². The van der Waals surface area contributed by atoms with Gasteiger partial charge < -0.3 is 14.0 Å². The van der Waals surface area contributed by atoms with Gasteiger partial charge in [0.05, 0.1) is 39.1 Å². The number of fused-ring (bicyclic) bond motifs is 2. The second kappa shape index (κ2) is 47.1. The first kappa shape index (κ1) is 94.4. The molecule has 0 atom stereocenters. The number of ether oxygens (including phenoxy) is 1. The quantitative estimate of drug-likeness (QED) is 0.0650. The molecule has 0 spiro atoms. The Morgan fingerprint density at radius 3 is 0.960 bits per heavy atom.